The molecule has 0 amide bonds. The molecular weight excluding hydrogens is 128 g/mol. The molecule has 2 rings (SSSR count). The number of nitrogens with zero attached hydrogens (tertiary/aromatic N) is 4. The second kappa shape index (κ2) is 1.76. The molecule has 0 bridgehead atoms. The van der Waals surface area contributed by atoms with Crippen LogP contribution in [0.25, 0.3) is 5.65 Å². The summed E-state index contributed by atoms with van der Waals surface area (Å²) in [5.74, 6) is 0. The van der Waals surface area contributed by atoms with Crippen LogP contribution in [0.5, 0.6) is 0 Å². The van der Waals surface area contributed by atoms with E-state index in [-0.39, 0.29) is 0 Å². The van der Waals surface area contributed by atoms with Crippen LogP contribution in [-0.4, -0.2) is 19.6 Å². The molecule has 0 aliphatic heterocycles. The number of hydrogen-bond donors (Lipinski definition) is 0. The third-order valence-corrected chi connectivity index (χ3v) is 1.30. The standard InChI is InChI=1S/C6H6N4/c1-5-3-10-4-8-7-2-6(10)9-5/h2-4H,1H3. The van der Waals surface area contributed by atoms with Crippen molar-refractivity contribution in [2.75, 3.05) is 0 Å². The Labute approximate surface area is 57.5 Å². The van der Waals surface area contributed by atoms with Crippen molar-refractivity contribution >= 4 is 5.65 Å². The Morgan fingerprint density at radius 1 is 1.40 bits per heavy atom. The number of imidazole rings is 1. The predicted molar refractivity (Wildman–Crippen MR) is 35.5 cm³/mol. The summed E-state index contributed by atoms with van der Waals surface area (Å²) in [6.07, 6.45) is 5.17. The maximum atomic E-state index is 4.17. The van der Waals surface area contributed by atoms with Gasteiger partial charge in [-0.1, -0.05) is 0 Å². The molecule has 0 unspecified atom stereocenters. The van der Waals surface area contributed by atoms with E-state index in [4.69, 9.17) is 0 Å². The molecule has 0 aliphatic carbocycles. The lowest BCUT2D eigenvalue weighted by Crippen LogP contribution is -1.86. The SMILES string of the molecule is Cc1cn2cnncc2n1. The molecule has 2 aromatic heterocycles. The summed E-state index contributed by atoms with van der Waals surface area (Å²) < 4.78 is 1.84. The summed E-state index contributed by atoms with van der Waals surface area (Å²) in [4.78, 5) is 4.17. The monoisotopic (exact) mass is 134 g/mol. The van der Waals surface area contributed by atoms with Crippen LogP contribution in [-0.2, 0) is 0 Å². The number of aryl methyl sites for hydroxylation is 1. The Balaban J connectivity index is 2.88. The van der Waals surface area contributed by atoms with Crippen molar-refractivity contribution < 1.29 is 0 Å². The molecule has 0 saturated carbocycles. The number of fused-ring (bicyclic) bond motifs is 1. The van der Waals surface area contributed by atoms with E-state index < -0.39 is 0 Å². The number of rotatable bonds is 0. The van der Waals surface area contributed by atoms with E-state index in [1.807, 2.05) is 17.5 Å². The quantitative estimate of drug-likeness (QED) is 0.524. The summed E-state index contributed by atoms with van der Waals surface area (Å²) in [6, 6.07) is 0. The highest BCUT2D eigenvalue weighted by Gasteiger charge is 1.93. The topological polar surface area (TPSA) is 43.1 Å². The fourth-order valence-corrected chi connectivity index (χ4v) is 0.893. The summed E-state index contributed by atoms with van der Waals surface area (Å²) in [5, 5.41) is 7.39. The molecule has 4 nitrogen and oxygen atoms in total. The van der Waals surface area contributed by atoms with Crippen molar-refractivity contribution in [3.8, 4) is 0 Å². The van der Waals surface area contributed by atoms with Gasteiger partial charge in [-0.2, -0.15) is 5.10 Å². The molecule has 0 aromatic carbocycles. The van der Waals surface area contributed by atoms with Crippen LogP contribution in [0.1, 0.15) is 5.69 Å². The van der Waals surface area contributed by atoms with Gasteiger partial charge in [0.25, 0.3) is 0 Å². The molecule has 0 radical (unpaired) electrons. The second-order valence-electron chi connectivity index (χ2n) is 2.12. The van der Waals surface area contributed by atoms with E-state index in [1.165, 1.54) is 0 Å². The van der Waals surface area contributed by atoms with E-state index >= 15 is 0 Å². The van der Waals surface area contributed by atoms with Gasteiger partial charge in [-0.15, -0.1) is 5.10 Å². The van der Waals surface area contributed by atoms with Crippen molar-refractivity contribution in [2.45, 2.75) is 6.92 Å². The third-order valence-electron chi connectivity index (χ3n) is 1.30. The molecular formula is C6H6N4. The summed E-state index contributed by atoms with van der Waals surface area (Å²) in [6.45, 7) is 1.94. The van der Waals surface area contributed by atoms with Gasteiger partial charge in [-0.05, 0) is 6.92 Å². The molecule has 0 atom stereocenters. The maximum absolute atomic E-state index is 4.17. The Hall–Kier alpha value is -1.45. The highest BCUT2D eigenvalue weighted by Crippen LogP contribution is 1.98. The van der Waals surface area contributed by atoms with Crippen LogP contribution in [0.15, 0.2) is 18.7 Å². The molecule has 4 heteroatoms. The van der Waals surface area contributed by atoms with Crippen LogP contribution in [0, 0.1) is 6.92 Å². The van der Waals surface area contributed by atoms with Gasteiger partial charge in [0.15, 0.2) is 5.65 Å². The van der Waals surface area contributed by atoms with Gasteiger partial charge < -0.3 is 0 Å². The van der Waals surface area contributed by atoms with Crippen molar-refractivity contribution in [2.24, 2.45) is 0 Å². The molecule has 10 heavy (non-hydrogen) atoms. The minimum Gasteiger partial charge on any atom is -0.287 e. The van der Waals surface area contributed by atoms with E-state index in [0.717, 1.165) is 11.3 Å². The molecule has 0 aliphatic rings. The van der Waals surface area contributed by atoms with Crippen LogP contribution >= 0.6 is 0 Å². The van der Waals surface area contributed by atoms with E-state index in [9.17, 15) is 0 Å². The van der Waals surface area contributed by atoms with Gasteiger partial charge in [-0.25, -0.2) is 4.98 Å². The van der Waals surface area contributed by atoms with E-state index in [0.29, 0.717) is 0 Å². The van der Waals surface area contributed by atoms with Crippen LogP contribution in [0.4, 0.5) is 0 Å². The fourth-order valence-electron chi connectivity index (χ4n) is 0.893. The van der Waals surface area contributed by atoms with Crippen molar-refractivity contribution in [1.29, 1.82) is 0 Å². The van der Waals surface area contributed by atoms with E-state index in [2.05, 4.69) is 15.2 Å². The summed E-state index contributed by atoms with van der Waals surface area (Å²) >= 11 is 0. The lowest BCUT2D eigenvalue weighted by Gasteiger charge is -1.84. The minimum absolute atomic E-state index is 0.840. The van der Waals surface area contributed by atoms with Gasteiger partial charge in [0.2, 0.25) is 0 Å². The first kappa shape index (κ1) is 5.34. The normalized spacial score (nSPS) is 10.5. The molecule has 0 fully saturated rings. The molecule has 0 spiro atoms. The predicted octanol–water partition coefficient (Wildman–Crippen LogP) is 0.433. The first-order valence-electron chi connectivity index (χ1n) is 2.98. The smallest absolute Gasteiger partial charge is 0.158 e. The molecule has 0 saturated heterocycles. The zero-order valence-electron chi connectivity index (χ0n) is 5.52. The largest absolute Gasteiger partial charge is 0.287 e. The van der Waals surface area contributed by atoms with Gasteiger partial charge in [0.05, 0.1) is 11.9 Å². The van der Waals surface area contributed by atoms with Crippen molar-refractivity contribution in [3.05, 3.63) is 24.4 Å². The van der Waals surface area contributed by atoms with Crippen LogP contribution < -0.4 is 0 Å². The zero-order valence-corrected chi connectivity index (χ0v) is 5.52. The van der Waals surface area contributed by atoms with Crippen LogP contribution in [0.3, 0.4) is 0 Å². The lowest BCUT2D eigenvalue weighted by atomic mass is 10.6. The van der Waals surface area contributed by atoms with Crippen molar-refractivity contribution in [3.63, 3.8) is 0 Å². The average Bonchev–Trinajstić information content (AvgIpc) is 2.27. The average molecular weight is 134 g/mol. The number of aromatic nitrogens is 4. The summed E-state index contributed by atoms with van der Waals surface area (Å²) in [5.41, 5.74) is 1.82. The first-order chi connectivity index (χ1) is 4.86. The minimum atomic E-state index is 0.840. The highest BCUT2D eigenvalue weighted by molar-refractivity contribution is 5.34. The Bertz CT molecular complexity index is 318. The first-order valence-corrected chi connectivity index (χ1v) is 2.98. The third kappa shape index (κ3) is 0.655. The molecule has 2 heterocycles. The molecule has 50 valence electrons. The zero-order chi connectivity index (χ0) is 6.97. The summed E-state index contributed by atoms with van der Waals surface area (Å²) in [7, 11) is 0. The Morgan fingerprint density at radius 3 is 3.10 bits per heavy atom. The Morgan fingerprint density at radius 2 is 2.30 bits per heavy atom. The second-order valence-corrected chi connectivity index (χ2v) is 2.12. The molecule has 2 aromatic rings. The lowest BCUT2D eigenvalue weighted by molar-refractivity contribution is 0.944. The maximum Gasteiger partial charge on any atom is 0.158 e. The van der Waals surface area contributed by atoms with Gasteiger partial charge >= 0.3 is 0 Å². The van der Waals surface area contributed by atoms with Crippen LogP contribution in [0.2, 0.25) is 0 Å². The van der Waals surface area contributed by atoms with Gasteiger partial charge in [0, 0.05) is 6.20 Å². The highest BCUT2D eigenvalue weighted by atomic mass is 15.2. The van der Waals surface area contributed by atoms with Gasteiger partial charge in [-0.3, -0.25) is 4.40 Å². The molecule has 0 N–H and O–H groups in total. The number of hydrogen-bond acceptors (Lipinski definition) is 3. The Kier molecular flexibility index (Phi) is 0.943. The van der Waals surface area contributed by atoms with E-state index in [1.54, 1.807) is 12.5 Å². The van der Waals surface area contributed by atoms with Crippen molar-refractivity contribution in [1.82, 2.24) is 19.6 Å². The van der Waals surface area contributed by atoms with Gasteiger partial charge in [0.1, 0.15) is 6.33 Å². The fraction of sp³-hybridized carbons (Fsp3) is 0.167.